The number of halogens is 2. The Kier molecular flexibility index (Phi) is 12.6. The molecule has 2 aliphatic carbocycles. The van der Waals surface area contributed by atoms with Crippen LogP contribution in [-0.4, -0.2) is 118 Å². The van der Waals surface area contributed by atoms with Gasteiger partial charge >= 0.3 is 6.01 Å². The van der Waals surface area contributed by atoms with E-state index in [1.54, 1.807) is 26.3 Å². The molecule has 1 saturated heterocycles. The van der Waals surface area contributed by atoms with Gasteiger partial charge in [0.1, 0.15) is 23.3 Å². The molecule has 0 bridgehead atoms. The van der Waals surface area contributed by atoms with E-state index in [4.69, 9.17) is 40.5 Å². The Balaban J connectivity index is 0.00000236. The number of aliphatic hydroxyl groups is 2. The number of pyridine rings is 1. The van der Waals surface area contributed by atoms with Gasteiger partial charge in [0.15, 0.2) is 11.6 Å². The average Bonchev–Trinajstić information content (AvgIpc) is 3.81. The van der Waals surface area contributed by atoms with Gasteiger partial charge in [-0.3, -0.25) is 10.00 Å². The Morgan fingerprint density at radius 2 is 1.92 bits per heavy atom. The fourth-order valence-corrected chi connectivity index (χ4v) is 8.82. The highest BCUT2D eigenvalue weighted by molar-refractivity contribution is 6.33. The Morgan fingerprint density at radius 3 is 2.62 bits per heavy atom. The maximum Gasteiger partial charge on any atom is 0.319 e. The second kappa shape index (κ2) is 17.0. The summed E-state index contributed by atoms with van der Waals surface area (Å²) in [4.78, 5) is 18.3. The van der Waals surface area contributed by atoms with Gasteiger partial charge in [0.25, 0.3) is 0 Å². The lowest BCUT2D eigenvalue weighted by Crippen LogP contribution is -2.59. The summed E-state index contributed by atoms with van der Waals surface area (Å²) in [6, 6.07) is 2.59. The molecule has 7 rings (SSSR count). The van der Waals surface area contributed by atoms with E-state index < -0.39 is 18.7 Å². The van der Waals surface area contributed by atoms with Crippen LogP contribution in [0.1, 0.15) is 71.3 Å². The molecule has 3 atom stereocenters. The lowest BCUT2D eigenvalue weighted by Gasteiger charge is -2.53. The SMILES string of the molecule is CC.CCO[C@@H](CO)CN(CO)c1nc(OCC23CCCC2N(C2CC(OC)C2)CCC3)nc2c(F)c(-c3c(C)c(Cl)cc4[nH]ncc34)nc(OC)c12. The number of ether oxygens (including phenoxy) is 4. The van der Waals surface area contributed by atoms with Crippen molar-refractivity contribution in [2.45, 2.75) is 96.9 Å². The number of piperidine rings is 1. The lowest BCUT2D eigenvalue weighted by molar-refractivity contribution is -0.0845. The van der Waals surface area contributed by atoms with Crippen molar-refractivity contribution < 1.29 is 33.6 Å². The first kappa shape index (κ1) is 39.3. The number of aromatic amines is 1. The molecule has 13 nitrogen and oxygen atoms in total. The van der Waals surface area contributed by atoms with E-state index >= 15 is 4.39 Å². The molecule has 3 aliphatic rings. The molecule has 0 amide bonds. The second-order valence-electron chi connectivity index (χ2n) is 14.0. The summed E-state index contributed by atoms with van der Waals surface area (Å²) in [5, 5.41) is 29.0. The lowest BCUT2D eigenvalue weighted by atomic mass is 9.73. The van der Waals surface area contributed by atoms with Crippen molar-refractivity contribution in [1.29, 1.82) is 0 Å². The molecule has 2 saturated carbocycles. The molecule has 15 heteroatoms. The number of fused-ring (bicyclic) bond motifs is 3. The number of aliphatic hydroxyl groups excluding tert-OH is 2. The number of hydrogen-bond acceptors (Lipinski definition) is 12. The zero-order valence-corrected chi connectivity index (χ0v) is 32.4. The highest BCUT2D eigenvalue weighted by Crippen LogP contribution is 2.50. The van der Waals surface area contributed by atoms with Gasteiger partial charge in [0.05, 0.1) is 50.8 Å². The quantitative estimate of drug-likeness (QED) is 0.129. The van der Waals surface area contributed by atoms with Crippen molar-refractivity contribution in [2.24, 2.45) is 5.41 Å². The standard InChI is InChI=1S/C36H47ClFN7O6.C2H6/c1-5-50-23(17-46)16-44(19-47)33-29-32(30(38)31(40-34(29)49-4)28-20(2)25(37)14-26-24(28)15-39-43-26)41-35(42-33)51-18-36-9-6-8-27(36)45(11-7-10-36)21-12-22(13-21)48-3;1-2/h14-15,21-23,27,46-47H,5-13,16-19H2,1-4H3,(H,39,43);1-2H3/t21?,22?,23-,27?,36?;/m1./s1. The van der Waals surface area contributed by atoms with E-state index in [1.165, 1.54) is 12.0 Å². The number of aromatic nitrogens is 5. The molecule has 4 aromatic rings. The second-order valence-corrected chi connectivity index (χ2v) is 14.4. The van der Waals surface area contributed by atoms with Crippen molar-refractivity contribution in [1.82, 2.24) is 30.0 Å². The molecule has 1 aromatic carbocycles. The Labute approximate surface area is 315 Å². The summed E-state index contributed by atoms with van der Waals surface area (Å²) in [6.45, 7) is 8.63. The number of nitrogens with zero attached hydrogens (tertiary/aromatic N) is 6. The van der Waals surface area contributed by atoms with E-state index in [9.17, 15) is 10.2 Å². The number of anilines is 1. The van der Waals surface area contributed by atoms with Gasteiger partial charge in [-0.25, -0.2) is 9.37 Å². The van der Waals surface area contributed by atoms with Gasteiger partial charge in [-0.2, -0.15) is 15.1 Å². The number of benzene rings is 1. The van der Waals surface area contributed by atoms with E-state index in [1.807, 2.05) is 20.8 Å². The van der Waals surface area contributed by atoms with Crippen LogP contribution in [0.25, 0.3) is 33.1 Å². The fraction of sp³-hybridized carbons (Fsp3) is 0.632. The van der Waals surface area contributed by atoms with Gasteiger partial charge in [0, 0.05) is 47.2 Å². The molecule has 0 spiro atoms. The minimum Gasteiger partial charge on any atom is -0.480 e. The molecule has 1 aliphatic heterocycles. The maximum absolute atomic E-state index is 17.1. The third-order valence-electron chi connectivity index (χ3n) is 11.3. The van der Waals surface area contributed by atoms with E-state index in [0.29, 0.717) is 58.5 Å². The van der Waals surface area contributed by atoms with Gasteiger partial charge in [-0.05, 0) is 70.5 Å². The van der Waals surface area contributed by atoms with Gasteiger partial charge < -0.3 is 34.1 Å². The van der Waals surface area contributed by atoms with Gasteiger partial charge in [-0.1, -0.05) is 31.9 Å². The van der Waals surface area contributed by atoms with Crippen molar-refractivity contribution >= 4 is 39.2 Å². The molecular weight excluding hydrogens is 705 g/mol. The predicted molar refractivity (Wildman–Crippen MR) is 202 cm³/mol. The predicted octanol–water partition coefficient (Wildman–Crippen LogP) is 6.05. The van der Waals surface area contributed by atoms with Crippen molar-refractivity contribution in [3.05, 3.63) is 28.7 Å². The van der Waals surface area contributed by atoms with Crippen molar-refractivity contribution in [2.75, 3.05) is 58.8 Å². The number of likely N-dealkylation sites (tertiary alicyclic amines) is 1. The van der Waals surface area contributed by atoms with Crippen LogP contribution in [0.3, 0.4) is 0 Å². The number of H-pyrrole nitrogens is 1. The largest absolute Gasteiger partial charge is 0.480 e. The van der Waals surface area contributed by atoms with Crippen LogP contribution in [-0.2, 0) is 9.47 Å². The first-order valence-corrected chi connectivity index (χ1v) is 19.2. The summed E-state index contributed by atoms with van der Waals surface area (Å²) in [7, 11) is 3.22. The van der Waals surface area contributed by atoms with Crippen LogP contribution in [0, 0.1) is 18.2 Å². The van der Waals surface area contributed by atoms with Crippen LogP contribution >= 0.6 is 11.6 Å². The fourth-order valence-electron chi connectivity index (χ4n) is 8.62. The highest BCUT2D eigenvalue weighted by Gasteiger charge is 2.51. The Hall–Kier alpha value is -3.40. The minimum absolute atomic E-state index is 0.0216. The number of hydrogen-bond donors (Lipinski definition) is 3. The summed E-state index contributed by atoms with van der Waals surface area (Å²) in [6.07, 6.45) is 8.68. The zero-order chi connectivity index (χ0) is 37.9. The Bertz CT molecular complexity index is 1880. The van der Waals surface area contributed by atoms with Gasteiger partial charge in [-0.15, -0.1) is 0 Å². The molecular formula is C38H53ClFN7O6. The minimum atomic E-state index is -0.730. The van der Waals surface area contributed by atoms with Crippen LogP contribution in [0.5, 0.6) is 11.9 Å². The first-order valence-electron chi connectivity index (χ1n) is 18.8. The van der Waals surface area contributed by atoms with Gasteiger partial charge in [0.2, 0.25) is 5.88 Å². The van der Waals surface area contributed by atoms with Crippen molar-refractivity contribution in [3.8, 4) is 23.1 Å². The normalized spacial score (nSPS) is 23.3. The van der Waals surface area contributed by atoms with Crippen LogP contribution in [0.15, 0.2) is 12.3 Å². The monoisotopic (exact) mass is 757 g/mol. The first-order chi connectivity index (χ1) is 25.7. The molecule has 3 fully saturated rings. The molecule has 0 radical (unpaired) electrons. The summed E-state index contributed by atoms with van der Waals surface area (Å²) in [5.74, 6) is -0.541. The Morgan fingerprint density at radius 1 is 1.15 bits per heavy atom. The van der Waals surface area contributed by atoms with Crippen molar-refractivity contribution in [3.63, 3.8) is 0 Å². The smallest absolute Gasteiger partial charge is 0.319 e. The summed E-state index contributed by atoms with van der Waals surface area (Å²) >= 11 is 6.61. The van der Waals surface area contributed by atoms with E-state index in [2.05, 4.69) is 20.1 Å². The van der Waals surface area contributed by atoms with E-state index in [0.717, 1.165) is 51.5 Å². The molecule has 53 heavy (non-hydrogen) atoms. The zero-order valence-electron chi connectivity index (χ0n) is 31.6. The number of methoxy groups -OCH3 is 2. The third-order valence-corrected chi connectivity index (χ3v) is 11.7. The average molecular weight is 758 g/mol. The summed E-state index contributed by atoms with van der Waals surface area (Å²) < 4.78 is 40.8. The molecule has 4 heterocycles. The molecule has 3 N–H and O–H groups in total. The van der Waals surface area contributed by atoms with Crippen LogP contribution in [0.4, 0.5) is 10.2 Å². The van der Waals surface area contributed by atoms with E-state index in [-0.39, 0.29) is 52.9 Å². The molecule has 2 unspecified atom stereocenters. The number of nitrogens with one attached hydrogen (secondary N) is 1. The number of rotatable bonds is 14. The summed E-state index contributed by atoms with van der Waals surface area (Å²) in [5.41, 5.74) is 1.48. The van der Waals surface area contributed by atoms with Crippen LogP contribution < -0.4 is 14.4 Å². The molecule has 3 aromatic heterocycles. The third kappa shape index (κ3) is 7.38. The van der Waals surface area contributed by atoms with Crippen LogP contribution in [0.2, 0.25) is 5.02 Å². The molecule has 290 valence electrons. The highest BCUT2D eigenvalue weighted by atomic mass is 35.5. The maximum atomic E-state index is 17.1. The topological polar surface area (TPSA) is 151 Å².